The maximum atomic E-state index is 12.0. The topological polar surface area (TPSA) is 58.2 Å². The second-order valence-corrected chi connectivity index (χ2v) is 7.37. The molecule has 2 N–H and O–H groups in total. The van der Waals surface area contributed by atoms with Crippen LogP contribution in [0.4, 0.5) is 0 Å². The van der Waals surface area contributed by atoms with E-state index in [0.29, 0.717) is 13.1 Å². The summed E-state index contributed by atoms with van der Waals surface area (Å²) in [4.78, 5) is 0. The predicted molar refractivity (Wildman–Crippen MR) is 71.5 cm³/mol. The molecule has 1 rings (SSSR count). The maximum absolute atomic E-state index is 12.0. The third kappa shape index (κ3) is 3.93. The van der Waals surface area contributed by atoms with E-state index >= 15 is 0 Å². The molecule has 0 bridgehead atoms. The fraction of sp³-hybridized carbons (Fsp3) is 1.00. The molecule has 0 aromatic rings. The van der Waals surface area contributed by atoms with Gasteiger partial charge in [-0.25, -0.2) is 13.1 Å². The van der Waals surface area contributed by atoms with Gasteiger partial charge in [0, 0.05) is 13.1 Å². The van der Waals surface area contributed by atoms with E-state index in [2.05, 4.69) is 17.0 Å². The van der Waals surface area contributed by atoms with E-state index in [-0.39, 0.29) is 10.7 Å². The maximum Gasteiger partial charge on any atom is 0.215 e. The fourth-order valence-corrected chi connectivity index (χ4v) is 3.31. The Hall–Kier alpha value is -0.130. The lowest BCUT2D eigenvalue weighted by Crippen LogP contribution is -2.46. The Bertz CT molecular complexity index is 318. The predicted octanol–water partition coefficient (Wildman–Crippen LogP) is 1.48. The van der Waals surface area contributed by atoms with Gasteiger partial charge in [-0.15, -0.1) is 0 Å². The molecule has 17 heavy (non-hydrogen) atoms. The summed E-state index contributed by atoms with van der Waals surface area (Å²) in [7, 11) is -3.16. The first kappa shape index (κ1) is 14.9. The SMILES string of the molecule is CCNCC(C)S(=O)(=O)NCC1(CC)CCC1. The lowest BCUT2D eigenvalue weighted by Gasteiger charge is -2.41. The van der Waals surface area contributed by atoms with Crippen molar-refractivity contribution in [1.29, 1.82) is 0 Å². The van der Waals surface area contributed by atoms with Crippen LogP contribution < -0.4 is 10.0 Å². The van der Waals surface area contributed by atoms with E-state index in [1.807, 2.05) is 6.92 Å². The molecule has 0 heterocycles. The van der Waals surface area contributed by atoms with Gasteiger partial charge < -0.3 is 5.32 Å². The lowest BCUT2D eigenvalue weighted by molar-refractivity contribution is 0.133. The average molecular weight is 262 g/mol. The molecule has 0 radical (unpaired) electrons. The van der Waals surface area contributed by atoms with Crippen molar-refractivity contribution in [2.75, 3.05) is 19.6 Å². The van der Waals surface area contributed by atoms with Crippen molar-refractivity contribution in [2.45, 2.75) is 51.7 Å². The van der Waals surface area contributed by atoms with Crippen LogP contribution in [0.3, 0.4) is 0 Å². The Morgan fingerprint density at radius 2 is 1.94 bits per heavy atom. The third-order valence-electron chi connectivity index (χ3n) is 4.02. The average Bonchev–Trinajstić information content (AvgIpc) is 2.24. The zero-order chi connectivity index (χ0) is 12.9. The molecule has 1 aliphatic rings. The smallest absolute Gasteiger partial charge is 0.215 e. The Morgan fingerprint density at radius 1 is 1.29 bits per heavy atom. The molecule has 1 atom stereocenters. The van der Waals surface area contributed by atoms with Crippen molar-refractivity contribution < 1.29 is 8.42 Å². The Kier molecular flexibility index (Phi) is 5.41. The molecule has 0 saturated heterocycles. The highest BCUT2D eigenvalue weighted by Gasteiger charge is 2.36. The Morgan fingerprint density at radius 3 is 2.35 bits per heavy atom. The molecule has 0 aliphatic heterocycles. The molecule has 0 amide bonds. The zero-order valence-electron chi connectivity index (χ0n) is 11.3. The lowest BCUT2D eigenvalue weighted by atomic mass is 9.67. The van der Waals surface area contributed by atoms with Crippen LogP contribution in [0, 0.1) is 5.41 Å². The first-order valence-corrected chi connectivity index (χ1v) is 8.19. The van der Waals surface area contributed by atoms with E-state index in [1.54, 1.807) is 6.92 Å². The molecule has 5 heteroatoms. The highest BCUT2D eigenvalue weighted by atomic mass is 32.2. The van der Waals surface area contributed by atoms with E-state index in [1.165, 1.54) is 6.42 Å². The highest BCUT2D eigenvalue weighted by Crippen LogP contribution is 2.43. The van der Waals surface area contributed by atoms with Crippen LogP contribution in [0.1, 0.15) is 46.5 Å². The van der Waals surface area contributed by atoms with Crippen molar-refractivity contribution in [3.8, 4) is 0 Å². The number of nitrogens with one attached hydrogen (secondary N) is 2. The van der Waals surface area contributed by atoms with E-state index < -0.39 is 10.0 Å². The second-order valence-electron chi connectivity index (χ2n) is 5.19. The standard InChI is InChI=1S/C12H26N2O2S/c1-4-12(7-6-8-12)10-14-17(15,16)11(3)9-13-5-2/h11,13-14H,4-10H2,1-3H3. The molecule has 1 unspecified atom stereocenters. The van der Waals surface area contributed by atoms with Gasteiger partial charge in [-0.1, -0.05) is 20.3 Å². The van der Waals surface area contributed by atoms with Gasteiger partial charge in [-0.2, -0.15) is 0 Å². The number of sulfonamides is 1. The number of hydrogen-bond acceptors (Lipinski definition) is 3. The van der Waals surface area contributed by atoms with Crippen LogP contribution in [0.15, 0.2) is 0 Å². The normalized spacial score (nSPS) is 20.9. The van der Waals surface area contributed by atoms with Gasteiger partial charge >= 0.3 is 0 Å². The van der Waals surface area contributed by atoms with E-state index in [0.717, 1.165) is 25.8 Å². The minimum Gasteiger partial charge on any atom is -0.316 e. The zero-order valence-corrected chi connectivity index (χ0v) is 12.1. The fourth-order valence-electron chi connectivity index (χ4n) is 2.19. The summed E-state index contributed by atoms with van der Waals surface area (Å²) in [5.74, 6) is 0. The summed E-state index contributed by atoms with van der Waals surface area (Å²) in [6.07, 6.45) is 4.63. The van der Waals surface area contributed by atoms with E-state index in [9.17, 15) is 8.42 Å². The van der Waals surface area contributed by atoms with Gasteiger partial charge in [0.1, 0.15) is 0 Å². The van der Waals surface area contributed by atoms with Gasteiger partial charge in [-0.05, 0) is 38.1 Å². The molecule has 0 spiro atoms. The summed E-state index contributed by atoms with van der Waals surface area (Å²) in [6, 6.07) is 0. The number of hydrogen-bond donors (Lipinski definition) is 2. The van der Waals surface area contributed by atoms with Crippen molar-refractivity contribution in [3.63, 3.8) is 0 Å². The van der Waals surface area contributed by atoms with Gasteiger partial charge in [0.25, 0.3) is 0 Å². The monoisotopic (exact) mass is 262 g/mol. The molecule has 0 aromatic carbocycles. The van der Waals surface area contributed by atoms with Crippen molar-refractivity contribution >= 4 is 10.0 Å². The first-order chi connectivity index (χ1) is 7.96. The molecule has 1 aliphatic carbocycles. The van der Waals surface area contributed by atoms with Gasteiger partial charge in [0.15, 0.2) is 0 Å². The van der Waals surface area contributed by atoms with Crippen LogP contribution in [0.25, 0.3) is 0 Å². The highest BCUT2D eigenvalue weighted by molar-refractivity contribution is 7.90. The summed E-state index contributed by atoms with van der Waals surface area (Å²) in [6.45, 7) is 7.82. The molecule has 1 saturated carbocycles. The van der Waals surface area contributed by atoms with Crippen LogP contribution >= 0.6 is 0 Å². The summed E-state index contributed by atoms with van der Waals surface area (Å²) >= 11 is 0. The van der Waals surface area contributed by atoms with Crippen LogP contribution in [-0.2, 0) is 10.0 Å². The van der Waals surface area contributed by atoms with Gasteiger partial charge in [0.2, 0.25) is 10.0 Å². The van der Waals surface area contributed by atoms with Crippen LogP contribution in [-0.4, -0.2) is 33.3 Å². The Labute approximate surface area is 106 Å². The van der Waals surface area contributed by atoms with Crippen LogP contribution in [0.2, 0.25) is 0 Å². The quantitative estimate of drug-likeness (QED) is 0.696. The number of rotatable bonds is 8. The third-order valence-corrected chi connectivity index (χ3v) is 5.80. The summed E-state index contributed by atoms with van der Waals surface area (Å²) < 4.78 is 26.8. The van der Waals surface area contributed by atoms with Crippen LogP contribution in [0.5, 0.6) is 0 Å². The first-order valence-electron chi connectivity index (χ1n) is 6.65. The molecular formula is C12H26N2O2S. The minimum atomic E-state index is -3.16. The molecule has 0 aromatic heterocycles. The molecular weight excluding hydrogens is 236 g/mol. The van der Waals surface area contributed by atoms with Crippen molar-refractivity contribution in [2.24, 2.45) is 5.41 Å². The summed E-state index contributed by atoms with van der Waals surface area (Å²) in [5.41, 5.74) is 0.241. The van der Waals surface area contributed by atoms with Crippen molar-refractivity contribution in [1.82, 2.24) is 10.0 Å². The summed E-state index contributed by atoms with van der Waals surface area (Å²) in [5, 5.41) is 2.71. The molecule has 1 fully saturated rings. The minimum absolute atomic E-state index is 0.241. The van der Waals surface area contributed by atoms with Gasteiger partial charge in [0.05, 0.1) is 5.25 Å². The van der Waals surface area contributed by atoms with Gasteiger partial charge in [-0.3, -0.25) is 0 Å². The molecule has 4 nitrogen and oxygen atoms in total. The second kappa shape index (κ2) is 6.16. The Balaban J connectivity index is 2.43. The molecule has 102 valence electrons. The largest absolute Gasteiger partial charge is 0.316 e. The van der Waals surface area contributed by atoms with Crippen molar-refractivity contribution in [3.05, 3.63) is 0 Å². The van der Waals surface area contributed by atoms with E-state index in [4.69, 9.17) is 0 Å².